The van der Waals surface area contributed by atoms with E-state index in [2.05, 4.69) is 53.0 Å². The van der Waals surface area contributed by atoms with Crippen LogP contribution in [0.5, 0.6) is 0 Å². The number of benzene rings is 1. The van der Waals surface area contributed by atoms with Crippen LogP contribution in [0.15, 0.2) is 42.7 Å². The largest absolute Gasteiger partial charge is 0.339 e. The first kappa shape index (κ1) is 23.0. The molecule has 1 saturated heterocycles. The highest BCUT2D eigenvalue weighted by molar-refractivity contribution is 5.78. The van der Waals surface area contributed by atoms with Crippen molar-refractivity contribution in [2.45, 2.75) is 71.4 Å². The van der Waals surface area contributed by atoms with Gasteiger partial charge in [0.25, 0.3) is 0 Å². The Balaban J connectivity index is 1.29. The minimum absolute atomic E-state index is 0.0234. The van der Waals surface area contributed by atoms with Crippen LogP contribution in [0, 0.1) is 18.8 Å². The normalized spacial score (nSPS) is 19.3. The maximum atomic E-state index is 13.5. The number of likely N-dealkylation sites (tertiary alicyclic amines) is 1. The maximum absolute atomic E-state index is 13.5. The number of hydrogen-bond acceptors (Lipinski definition) is 3. The van der Waals surface area contributed by atoms with Gasteiger partial charge in [0.1, 0.15) is 0 Å². The van der Waals surface area contributed by atoms with Gasteiger partial charge in [0.05, 0.1) is 12.5 Å². The molecule has 1 atom stereocenters. The first-order chi connectivity index (χ1) is 15.6. The van der Waals surface area contributed by atoms with Crippen molar-refractivity contribution < 1.29 is 4.79 Å². The molecule has 0 N–H and O–H groups in total. The number of aromatic nitrogens is 2. The van der Waals surface area contributed by atoms with E-state index in [1.165, 1.54) is 49.7 Å². The van der Waals surface area contributed by atoms with Crippen LogP contribution >= 0.6 is 0 Å². The Morgan fingerprint density at radius 1 is 1.12 bits per heavy atom. The zero-order valence-electron chi connectivity index (χ0n) is 20.0. The van der Waals surface area contributed by atoms with Crippen LogP contribution in [0.2, 0.25) is 0 Å². The fourth-order valence-corrected chi connectivity index (χ4v) is 5.53. The van der Waals surface area contributed by atoms with Crippen molar-refractivity contribution in [1.29, 1.82) is 0 Å². The van der Waals surface area contributed by atoms with Gasteiger partial charge in [-0.15, -0.1) is 0 Å². The van der Waals surface area contributed by atoms with E-state index in [1.807, 2.05) is 16.9 Å². The summed E-state index contributed by atoms with van der Waals surface area (Å²) in [5.41, 5.74) is 2.87. The van der Waals surface area contributed by atoms with Gasteiger partial charge in [0.2, 0.25) is 5.91 Å². The standard InChI is InChI=1S/C27H40N4O/c1-22-8-3-4-9-25(22)14-19-29-17-12-24(13-18-29)21-31(26-10-5-6-11-26)27(32)23(2)20-30-16-7-15-28-30/h3-4,7-9,15-16,23-24,26H,5-6,10-14,17-21H2,1-2H3. The van der Waals surface area contributed by atoms with Crippen LogP contribution in [0.25, 0.3) is 0 Å². The number of aryl methyl sites for hydroxylation is 1. The molecular formula is C27H40N4O. The van der Waals surface area contributed by atoms with Crippen molar-refractivity contribution >= 4 is 5.91 Å². The monoisotopic (exact) mass is 436 g/mol. The molecule has 2 fully saturated rings. The predicted molar refractivity (Wildman–Crippen MR) is 129 cm³/mol. The average molecular weight is 437 g/mol. The SMILES string of the molecule is Cc1ccccc1CCN1CCC(CN(C(=O)C(C)Cn2cccn2)C2CCCC2)CC1. The summed E-state index contributed by atoms with van der Waals surface area (Å²) in [6.07, 6.45) is 12.2. The number of carbonyl (C=O) groups excluding carboxylic acids is 1. The first-order valence-electron chi connectivity index (χ1n) is 12.6. The molecule has 0 bridgehead atoms. The smallest absolute Gasteiger partial charge is 0.227 e. The lowest BCUT2D eigenvalue weighted by Crippen LogP contribution is -2.47. The summed E-state index contributed by atoms with van der Waals surface area (Å²) in [6, 6.07) is 11.1. The summed E-state index contributed by atoms with van der Waals surface area (Å²) in [7, 11) is 0. The van der Waals surface area contributed by atoms with E-state index in [4.69, 9.17) is 0 Å². The molecular weight excluding hydrogens is 396 g/mol. The van der Waals surface area contributed by atoms with Crippen molar-refractivity contribution in [3.05, 3.63) is 53.9 Å². The molecule has 1 saturated carbocycles. The van der Waals surface area contributed by atoms with E-state index in [9.17, 15) is 4.79 Å². The highest BCUT2D eigenvalue weighted by atomic mass is 16.2. The van der Waals surface area contributed by atoms with Crippen molar-refractivity contribution in [1.82, 2.24) is 19.6 Å². The van der Waals surface area contributed by atoms with Crippen molar-refractivity contribution in [2.75, 3.05) is 26.2 Å². The number of hydrogen-bond donors (Lipinski definition) is 0. The zero-order valence-corrected chi connectivity index (χ0v) is 20.0. The predicted octanol–water partition coefficient (Wildman–Crippen LogP) is 4.55. The highest BCUT2D eigenvalue weighted by Crippen LogP contribution is 2.28. The molecule has 4 rings (SSSR count). The van der Waals surface area contributed by atoms with Crippen LogP contribution in [-0.4, -0.2) is 57.7 Å². The third kappa shape index (κ3) is 6.00. The molecule has 2 aromatic rings. The second kappa shape index (κ2) is 11.1. The molecule has 2 aliphatic rings. The van der Waals surface area contributed by atoms with Gasteiger partial charge in [-0.25, -0.2) is 0 Å². The Morgan fingerprint density at radius 3 is 2.56 bits per heavy atom. The van der Waals surface area contributed by atoms with Gasteiger partial charge >= 0.3 is 0 Å². The Bertz CT molecular complexity index is 835. The van der Waals surface area contributed by atoms with Crippen LogP contribution in [0.1, 0.15) is 56.6 Å². The molecule has 1 amide bonds. The molecule has 1 aliphatic heterocycles. The van der Waals surface area contributed by atoms with Gasteiger partial charge in [-0.2, -0.15) is 5.10 Å². The molecule has 1 aliphatic carbocycles. The average Bonchev–Trinajstić information content (AvgIpc) is 3.52. The molecule has 174 valence electrons. The molecule has 0 radical (unpaired) electrons. The van der Waals surface area contributed by atoms with E-state index in [0.29, 0.717) is 24.4 Å². The molecule has 5 heteroatoms. The Kier molecular flexibility index (Phi) is 8.01. The molecule has 0 spiro atoms. The van der Waals surface area contributed by atoms with E-state index >= 15 is 0 Å². The minimum Gasteiger partial charge on any atom is -0.339 e. The summed E-state index contributed by atoms with van der Waals surface area (Å²) in [4.78, 5) is 18.3. The quantitative estimate of drug-likeness (QED) is 0.579. The zero-order chi connectivity index (χ0) is 22.3. The van der Waals surface area contributed by atoms with E-state index in [-0.39, 0.29) is 5.92 Å². The van der Waals surface area contributed by atoms with Gasteiger partial charge in [0.15, 0.2) is 0 Å². The van der Waals surface area contributed by atoms with Gasteiger partial charge < -0.3 is 9.80 Å². The first-order valence-corrected chi connectivity index (χ1v) is 12.6. The molecule has 32 heavy (non-hydrogen) atoms. The molecule has 5 nitrogen and oxygen atoms in total. The number of piperidine rings is 1. The summed E-state index contributed by atoms with van der Waals surface area (Å²) in [5.74, 6) is 0.935. The lowest BCUT2D eigenvalue weighted by molar-refractivity contribution is -0.138. The van der Waals surface area contributed by atoms with Crippen LogP contribution in [0.3, 0.4) is 0 Å². The van der Waals surface area contributed by atoms with Gasteiger partial charge in [-0.3, -0.25) is 9.48 Å². The fraction of sp³-hybridized carbons (Fsp3) is 0.630. The number of rotatable bonds is 9. The van der Waals surface area contributed by atoms with E-state index < -0.39 is 0 Å². The molecule has 1 aromatic heterocycles. The van der Waals surface area contributed by atoms with Crippen LogP contribution in [0.4, 0.5) is 0 Å². The molecule has 2 heterocycles. The van der Waals surface area contributed by atoms with Crippen molar-refractivity contribution in [3.63, 3.8) is 0 Å². The highest BCUT2D eigenvalue weighted by Gasteiger charge is 2.32. The van der Waals surface area contributed by atoms with Gasteiger partial charge in [0, 0.05) is 31.5 Å². The molecule has 1 unspecified atom stereocenters. The lowest BCUT2D eigenvalue weighted by Gasteiger charge is -2.38. The summed E-state index contributed by atoms with van der Waals surface area (Å²) < 4.78 is 1.89. The second-order valence-corrected chi connectivity index (χ2v) is 10.0. The van der Waals surface area contributed by atoms with Crippen molar-refractivity contribution in [2.24, 2.45) is 11.8 Å². The second-order valence-electron chi connectivity index (χ2n) is 10.0. The molecule has 1 aromatic carbocycles. The van der Waals surface area contributed by atoms with Gasteiger partial charge in [-0.05, 0) is 75.2 Å². The van der Waals surface area contributed by atoms with E-state index in [1.54, 1.807) is 6.20 Å². The van der Waals surface area contributed by atoms with Crippen LogP contribution < -0.4 is 0 Å². The topological polar surface area (TPSA) is 41.4 Å². The summed E-state index contributed by atoms with van der Waals surface area (Å²) in [6.45, 7) is 9.36. The number of amides is 1. The lowest BCUT2D eigenvalue weighted by atomic mass is 9.94. The van der Waals surface area contributed by atoms with Crippen molar-refractivity contribution in [3.8, 4) is 0 Å². The summed E-state index contributed by atoms with van der Waals surface area (Å²) in [5, 5.41) is 4.30. The van der Waals surface area contributed by atoms with Gasteiger partial charge in [-0.1, -0.05) is 44.0 Å². The Morgan fingerprint density at radius 2 is 1.88 bits per heavy atom. The van der Waals surface area contributed by atoms with E-state index in [0.717, 1.165) is 32.6 Å². The maximum Gasteiger partial charge on any atom is 0.227 e. The third-order valence-electron chi connectivity index (χ3n) is 7.61. The Labute approximate surface area is 193 Å². The number of nitrogens with zero attached hydrogens (tertiary/aromatic N) is 4. The number of carbonyl (C=O) groups is 1. The Hall–Kier alpha value is -2.14. The minimum atomic E-state index is -0.0234. The summed E-state index contributed by atoms with van der Waals surface area (Å²) >= 11 is 0. The third-order valence-corrected chi connectivity index (χ3v) is 7.61. The van der Waals surface area contributed by atoms with Crippen LogP contribution in [-0.2, 0) is 17.8 Å². The fourth-order valence-electron chi connectivity index (χ4n) is 5.53.